The van der Waals surface area contributed by atoms with Gasteiger partial charge in [0.05, 0.1) is 0 Å². The van der Waals surface area contributed by atoms with Crippen molar-refractivity contribution in [2.75, 3.05) is 0 Å². The number of ketones is 1. The smallest absolute Gasteiger partial charge is 0.134 e. The number of fused-ring (bicyclic) bond motifs is 2. The van der Waals surface area contributed by atoms with Gasteiger partial charge in [-0.3, -0.25) is 4.79 Å². The van der Waals surface area contributed by atoms with Gasteiger partial charge in [0.15, 0.2) is 0 Å². The Morgan fingerprint density at radius 3 is 2.50 bits per heavy atom. The van der Waals surface area contributed by atoms with E-state index in [1.807, 2.05) is 6.07 Å². The first kappa shape index (κ1) is 9.83. The first-order valence-corrected chi connectivity index (χ1v) is 6.01. The number of benzene rings is 1. The Labute approximate surface area is 96.2 Å². The molecule has 0 aromatic heterocycles. The summed E-state index contributed by atoms with van der Waals surface area (Å²) in [5.41, 5.74) is 1.33. The molecule has 1 aromatic carbocycles. The minimum absolute atomic E-state index is 0.220. The molecule has 4 unspecified atom stereocenters. The molecule has 0 amide bonds. The van der Waals surface area contributed by atoms with E-state index in [0.717, 1.165) is 0 Å². The van der Waals surface area contributed by atoms with Crippen molar-refractivity contribution in [3.05, 3.63) is 48.0 Å². The van der Waals surface area contributed by atoms with Crippen LogP contribution in [0.3, 0.4) is 0 Å². The van der Waals surface area contributed by atoms with Crippen LogP contribution in [0.5, 0.6) is 0 Å². The molecule has 82 valence electrons. The van der Waals surface area contributed by atoms with Gasteiger partial charge < -0.3 is 0 Å². The van der Waals surface area contributed by atoms with Crippen molar-refractivity contribution in [3.63, 3.8) is 0 Å². The molecule has 1 heteroatoms. The third-order valence-electron chi connectivity index (χ3n) is 4.11. The van der Waals surface area contributed by atoms with Gasteiger partial charge in [-0.25, -0.2) is 0 Å². The lowest BCUT2D eigenvalue weighted by Crippen LogP contribution is -2.24. The van der Waals surface area contributed by atoms with E-state index in [9.17, 15) is 4.79 Å². The predicted octanol–water partition coefficient (Wildman–Crippen LogP) is 3.18. The molecule has 0 N–H and O–H groups in total. The second-order valence-electron chi connectivity index (χ2n) is 5.02. The summed E-state index contributed by atoms with van der Waals surface area (Å²) in [4.78, 5) is 11.8. The summed E-state index contributed by atoms with van der Waals surface area (Å²) in [6.07, 6.45) is 5.72. The average molecular weight is 212 g/mol. The molecule has 16 heavy (non-hydrogen) atoms. The second-order valence-corrected chi connectivity index (χ2v) is 5.02. The number of carbonyl (C=O) groups is 1. The van der Waals surface area contributed by atoms with Gasteiger partial charge in [-0.05, 0) is 30.7 Å². The topological polar surface area (TPSA) is 17.1 Å². The fourth-order valence-electron chi connectivity index (χ4n) is 3.51. The summed E-state index contributed by atoms with van der Waals surface area (Å²) >= 11 is 0. The standard InChI is InChI=1S/C15H16O/c1-10(16)14-12-7-8-13(9-12)15(14)11-5-3-2-4-6-11/h2-8,12-15H,9H2,1H3. The summed E-state index contributed by atoms with van der Waals surface area (Å²) < 4.78 is 0. The fourth-order valence-corrected chi connectivity index (χ4v) is 3.51. The highest BCUT2D eigenvalue weighted by molar-refractivity contribution is 5.81. The first-order chi connectivity index (χ1) is 7.77. The van der Waals surface area contributed by atoms with Crippen LogP contribution < -0.4 is 0 Å². The number of carbonyl (C=O) groups excluding carboxylic acids is 1. The van der Waals surface area contributed by atoms with Gasteiger partial charge in [-0.1, -0.05) is 42.5 Å². The molecule has 4 atom stereocenters. The maximum atomic E-state index is 11.8. The van der Waals surface area contributed by atoms with Gasteiger partial charge >= 0.3 is 0 Å². The summed E-state index contributed by atoms with van der Waals surface area (Å²) in [6.45, 7) is 1.75. The van der Waals surface area contributed by atoms with Gasteiger partial charge in [0, 0.05) is 11.8 Å². The number of allylic oxidation sites excluding steroid dienone is 2. The normalized spacial score (nSPS) is 35.6. The SMILES string of the molecule is CC(=O)C1C2C=CC(C2)C1c1ccccc1. The first-order valence-electron chi connectivity index (χ1n) is 6.01. The molecular weight excluding hydrogens is 196 g/mol. The Morgan fingerprint density at radius 2 is 1.81 bits per heavy atom. The molecule has 0 saturated heterocycles. The Bertz CT molecular complexity index is 432. The highest BCUT2D eigenvalue weighted by atomic mass is 16.1. The van der Waals surface area contributed by atoms with Gasteiger partial charge in [0.1, 0.15) is 5.78 Å². The Morgan fingerprint density at radius 1 is 1.12 bits per heavy atom. The van der Waals surface area contributed by atoms with Gasteiger partial charge in [0.2, 0.25) is 0 Å². The number of hydrogen-bond acceptors (Lipinski definition) is 1. The molecule has 2 aliphatic rings. The van der Waals surface area contributed by atoms with Crippen molar-refractivity contribution in [3.8, 4) is 0 Å². The van der Waals surface area contributed by atoms with Crippen LogP contribution in [0, 0.1) is 17.8 Å². The Kier molecular flexibility index (Phi) is 2.20. The maximum absolute atomic E-state index is 11.8. The molecule has 0 radical (unpaired) electrons. The third kappa shape index (κ3) is 1.35. The van der Waals surface area contributed by atoms with Gasteiger partial charge in [-0.2, -0.15) is 0 Å². The minimum Gasteiger partial charge on any atom is -0.300 e. The van der Waals surface area contributed by atoms with Crippen molar-refractivity contribution in [2.45, 2.75) is 19.3 Å². The van der Waals surface area contributed by atoms with E-state index in [1.165, 1.54) is 12.0 Å². The zero-order valence-electron chi connectivity index (χ0n) is 9.47. The summed E-state index contributed by atoms with van der Waals surface area (Å²) in [5.74, 6) is 2.07. The van der Waals surface area contributed by atoms with Crippen molar-refractivity contribution < 1.29 is 4.79 Å². The number of rotatable bonds is 2. The summed E-state index contributed by atoms with van der Waals surface area (Å²) in [6, 6.07) is 10.5. The van der Waals surface area contributed by atoms with E-state index < -0.39 is 0 Å². The number of hydrogen-bond donors (Lipinski definition) is 0. The van der Waals surface area contributed by atoms with Crippen LogP contribution in [-0.2, 0) is 4.79 Å². The quantitative estimate of drug-likeness (QED) is 0.688. The van der Waals surface area contributed by atoms with E-state index in [-0.39, 0.29) is 5.92 Å². The van der Waals surface area contributed by atoms with Crippen molar-refractivity contribution >= 4 is 5.78 Å². The second kappa shape index (κ2) is 3.58. The number of Topliss-reactive ketones (excluding diaryl/α,β-unsaturated/α-hetero) is 1. The molecule has 1 fully saturated rings. The monoisotopic (exact) mass is 212 g/mol. The van der Waals surface area contributed by atoms with Crippen molar-refractivity contribution in [1.29, 1.82) is 0 Å². The summed E-state index contributed by atoms with van der Waals surface area (Å²) in [7, 11) is 0. The van der Waals surface area contributed by atoms with E-state index in [4.69, 9.17) is 0 Å². The molecule has 1 aromatic rings. The molecule has 1 saturated carbocycles. The summed E-state index contributed by atoms with van der Waals surface area (Å²) in [5, 5.41) is 0. The minimum atomic E-state index is 0.220. The molecular formula is C15H16O. The molecule has 0 spiro atoms. The van der Waals surface area contributed by atoms with Crippen molar-refractivity contribution in [2.24, 2.45) is 17.8 Å². The molecule has 2 aliphatic carbocycles. The lowest BCUT2D eigenvalue weighted by Gasteiger charge is -2.26. The van der Waals surface area contributed by atoms with Crippen LogP contribution >= 0.6 is 0 Å². The van der Waals surface area contributed by atoms with E-state index in [1.54, 1.807) is 6.92 Å². The average Bonchev–Trinajstić information content (AvgIpc) is 2.89. The van der Waals surface area contributed by atoms with Crippen LogP contribution in [0.1, 0.15) is 24.8 Å². The molecule has 0 aliphatic heterocycles. The van der Waals surface area contributed by atoms with Crippen LogP contribution in [0.15, 0.2) is 42.5 Å². The molecule has 1 nitrogen and oxygen atoms in total. The van der Waals surface area contributed by atoms with Crippen LogP contribution in [0.2, 0.25) is 0 Å². The molecule has 3 rings (SSSR count). The van der Waals surface area contributed by atoms with E-state index in [0.29, 0.717) is 23.5 Å². The zero-order valence-corrected chi connectivity index (χ0v) is 9.47. The van der Waals surface area contributed by atoms with Crippen LogP contribution in [0.25, 0.3) is 0 Å². The highest BCUT2D eigenvalue weighted by Gasteiger charge is 2.46. The van der Waals surface area contributed by atoms with Crippen molar-refractivity contribution in [1.82, 2.24) is 0 Å². The molecule has 2 bridgehead atoms. The predicted molar refractivity (Wildman–Crippen MR) is 64.1 cm³/mol. The van der Waals surface area contributed by atoms with Gasteiger partial charge in [0.25, 0.3) is 0 Å². The zero-order chi connectivity index (χ0) is 11.1. The lowest BCUT2D eigenvalue weighted by atomic mass is 9.77. The third-order valence-corrected chi connectivity index (χ3v) is 4.11. The highest BCUT2D eigenvalue weighted by Crippen LogP contribution is 2.53. The molecule has 0 heterocycles. The van der Waals surface area contributed by atoms with Gasteiger partial charge in [-0.15, -0.1) is 0 Å². The van der Waals surface area contributed by atoms with Crippen LogP contribution in [0.4, 0.5) is 0 Å². The fraction of sp³-hybridized carbons (Fsp3) is 0.400. The van der Waals surface area contributed by atoms with E-state index in [2.05, 4.69) is 36.4 Å². The van der Waals surface area contributed by atoms with Crippen LogP contribution in [-0.4, -0.2) is 5.78 Å². The largest absolute Gasteiger partial charge is 0.300 e. The lowest BCUT2D eigenvalue weighted by molar-refractivity contribution is -0.121. The Balaban J connectivity index is 2.00. The maximum Gasteiger partial charge on any atom is 0.134 e. The Hall–Kier alpha value is -1.37. The van der Waals surface area contributed by atoms with E-state index >= 15 is 0 Å².